The minimum Gasteiger partial charge on any atom is -0.466 e. The second-order valence-corrected chi connectivity index (χ2v) is 9.19. The van der Waals surface area contributed by atoms with Crippen LogP contribution in [0.15, 0.2) is 28.7 Å². The van der Waals surface area contributed by atoms with E-state index >= 15 is 0 Å². The predicted octanol–water partition coefficient (Wildman–Crippen LogP) is 3.67. The molecule has 0 saturated carbocycles. The lowest BCUT2D eigenvalue weighted by atomic mass is 9.90. The number of esters is 1. The van der Waals surface area contributed by atoms with Crippen molar-refractivity contribution in [3.05, 3.63) is 34.3 Å². The Hall–Kier alpha value is -0.720. The summed E-state index contributed by atoms with van der Waals surface area (Å²) in [5, 5.41) is 0. The van der Waals surface area contributed by atoms with E-state index in [-0.39, 0.29) is 12.4 Å². The van der Waals surface area contributed by atoms with Gasteiger partial charge in [0.05, 0.1) is 34.3 Å². The molecule has 124 valence electrons. The van der Waals surface area contributed by atoms with Crippen molar-refractivity contribution in [2.24, 2.45) is 0 Å². The molecule has 1 aromatic carbocycles. The minimum absolute atomic E-state index is 0.110. The van der Waals surface area contributed by atoms with Crippen LogP contribution in [0.3, 0.4) is 0 Å². The second-order valence-electron chi connectivity index (χ2n) is 6.31. The first-order chi connectivity index (χ1) is 10.1. The fourth-order valence-electron chi connectivity index (χ4n) is 1.89. The molecule has 22 heavy (non-hydrogen) atoms. The quantitative estimate of drug-likeness (QED) is 0.755. The maximum atomic E-state index is 12.5. The van der Waals surface area contributed by atoms with E-state index in [9.17, 15) is 9.00 Å². The fourth-order valence-corrected chi connectivity index (χ4v) is 3.19. The molecule has 0 aliphatic carbocycles. The lowest BCUT2D eigenvalue weighted by molar-refractivity contribution is -0.144. The lowest BCUT2D eigenvalue weighted by Crippen LogP contribution is -2.47. The van der Waals surface area contributed by atoms with Crippen molar-refractivity contribution < 1.29 is 13.7 Å². The molecular formula is C16H24BrNO3S. The second kappa shape index (κ2) is 7.70. The molecule has 0 radical (unpaired) electrons. The van der Waals surface area contributed by atoms with Crippen molar-refractivity contribution in [2.75, 3.05) is 6.61 Å². The molecule has 0 aliphatic heterocycles. The van der Waals surface area contributed by atoms with Crippen LogP contribution >= 0.6 is 15.9 Å². The highest BCUT2D eigenvalue weighted by molar-refractivity contribution is 9.10. The molecule has 0 fully saturated rings. The van der Waals surface area contributed by atoms with Gasteiger partial charge >= 0.3 is 5.97 Å². The zero-order valence-corrected chi connectivity index (χ0v) is 16.1. The van der Waals surface area contributed by atoms with Crippen LogP contribution in [0.1, 0.15) is 46.6 Å². The van der Waals surface area contributed by atoms with Crippen LogP contribution in [-0.4, -0.2) is 21.5 Å². The van der Waals surface area contributed by atoms with Gasteiger partial charge in [-0.15, -0.1) is 0 Å². The molecule has 0 unspecified atom stereocenters. The largest absolute Gasteiger partial charge is 0.466 e. The number of rotatable bonds is 6. The highest BCUT2D eigenvalue weighted by atomic mass is 79.9. The molecule has 0 heterocycles. The van der Waals surface area contributed by atoms with Gasteiger partial charge in [0.15, 0.2) is 0 Å². The van der Waals surface area contributed by atoms with Gasteiger partial charge in [0.1, 0.15) is 0 Å². The van der Waals surface area contributed by atoms with Crippen LogP contribution in [-0.2, 0) is 26.1 Å². The monoisotopic (exact) mass is 389 g/mol. The van der Waals surface area contributed by atoms with E-state index in [0.717, 1.165) is 10.0 Å². The standard InChI is InChI=1S/C16H24BrNO3S/c1-6-21-14(19)11-16(5,18-22(20)15(2,3)4)12-8-7-9-13(17)10-12/h7-10,18H,6,11H2,1-5H3/t16-,22+/m0/s1. The van der Waals surface area contributed by atoms with Gasteiger partial charge in [-0.05, 0) is 52.3 Å². The SMILES string of the molecule is CCOC(=O)C[C@](C)(N[S@](=O)C(C)(C)C)c1cccc(Br)c1. The van der Waals surface area contributed by atoms with Crippen LogP contribution in [0.5, 0.6) is 0 Å². The maximum Gasteiger partial charge on any atom is 0.308 e. The highest BCUT2D eigenvalue weighted by Crippen LogP contribution is 2.29. The Balaban J connectivity index is 3.14. The number of carbonyl (C=O) groups is 1. The molecule has 1 rings (SSSR count). The topological polar surface area (TPSA) is 55.4 Å². The van der Waals surface area contributed by atoms with Gasteiger partial charge in [0.25, 0.3) is 0 Å². The summed E-state index contributed by atoms with van der Waals surface area (Å²) in [6, 6.07) is 7.64. The van der Waals surface area contributed by atoms with Crippen molar-refractivity contribution in [1.82, 2.24) is 4.72 Å². The molecule has 2 atom stereocenters. The first-order valence-electron chi connectivity index (χ1n) is 7.20. The third-order valence-corrected chi connectivity index (χ3v) is 5.38. The third-order valence-electron chi connectivity index (χ3n) is 3.14. The van der Waals surface area contributed by atoms with Gasteiger partial charge in [-0.3, -0.25) is 4.79 Å². The van der Waals surface area contributed by atoms with Crippen LogP contribution < -0.4 is 4.72 Å². The summed E-state index contributed by atoms with van der Waals surface area (Å²) in [6.45, 7) is 9.64. The number of ether oxygens (including phenoxy) is 1. The molecule has 1 aromatic rings. The Morgan fingerprint density at radius 2 is 1.95 bits per heavy atom. The van der Waals surface area contributed by atoms with Gasteiger partial charge in [0.2, 0.25) is 0 Å². The van der Waals surface area contributed by atoms with Gasteiger partial charge in [-0.1, -0.05) is 28.1 Å². The summed E-state index contributed by atoms with van der Waals surface area (Å²) < 4.78 is 21.2. The van der Waals surface area contributed by atoms with E-state index in [1.165, 1.54) is 0 Å². The molecule has 0 saturated heterocycles. The summed E-state index contributed by atoms with van der Waals surface area (Å²) in [4.78, 5) is 12.0. The molecule has 0 amide bonds. The summed E-state index contributed by atoms with van der Waals surface area (Å²) in [7, 11) is -1.31. The van der Waals surface area contributed by atoms with Crippen LogP contribution in [0.4, 0.5) is 0 Å². The molecular weight excluding hydrogens is 366 g/mol. The lowest BCUT2D eigenvalue weighted by Gasteiger charge is -2.33. The molecule has 6 heteroatoms. The van der Waals surface area contributed by atoms with E-state index in [2.05, 4.69) is 20.7 Å². The summed E-state index contributed by atoms with van der Waals surface area (Å²) in [5.41, 5.74) is 0.112. The number of halogens is 1. The van der Waals surface area contributed by atoms with Crippen LogP contribution in [0, 0.1) is 0 Å². The third kappa shape index (κ3) is 5.48. The normalized spacial score (nSPS) is 15.9. The minimum atomic E-state index is -1.31. The Bertz CT molecular complexity index is 557. The average molecular weight is 390 g/mol. The number of hydrogen-bond donors (Lipinski definition) is 1. The van der Waals surface area contributed by atoms with Crippen LogP contribution in [0.2, 0.25) is 0 Å². The molecule has 0 aromatic heterocycles. The molecule has 0 spiro atoms. The van der Waals surface area contributed by atoms with E-state index in [1.807, 2.05) is 52.0 Å². The number of hydrogen-bond acceptors (Lipinski definition) is 3. The Kier molecular flexibility index (Phi) is 6.77. The zero-order chi connectivity index (χ0) is 17.0. The smallest absolute Gasteiger partial charge is 0.308 e. The summed E-state index contributed by atoms with van der Waals surface area (Å²) in [6.07, 6.45) is 0.110. The zero-order valence-electron chi connectivity index (χ0n) is 13.7. The van der Waals surface area contributed by atoms with Crippen LogP contribution in [0.25, 0.3) is 0 Å². The van der Waals surface area contributed by atoms with Crippen molar-refractivity contribution in [1.29, 1.82) is 0 Å². The highest BCUT2D eigenvalue weighted by Gasteiger charge is 2.35. The summed E-state index contributed by atoms with van der Waals surface area (Å²) >= 11 is 3.44. The van der Waals surface area contributed by atoms with Crippen molar-refractivity contribution in [3.63, 3.8) is 0 Å². The summed E-state index contributed by atoms with van der Waals surface area (Å²) in [5.74, 6) is -0.316. The van der Waals surface area contributed by atoms with Gasteiger partial charge in [-0.2, -0.15) is 0 Å². The first kappa shape index (κ1) is 19.3. The molecule has 0 bridgehead atoms. The van der Waals surface area contributed by atoms with E-state index in [0.29, 0.717) is 6.61 Å². The van der Waals surface area contributed by atoms with E-state index in [4.69, 9.17) is 4.74 Å². The predicted molar refractivity (Wildman–Crippen MR) is 93.8 cm³/mol. The van der Waals surface area contributed by atoms with Crippen molar-refractivity contribution in [2.45, 2.75) is 51.3 Å². The molecule has 1 N–H and O–H groups in total. The number of benzene rings is 1. The Morgan fingerprint density at radius 3 is 2.45 bits per heavy atom. The number of carbonyl (C=O) groups excluding carboxylic acids is 1. The maximum absolute atomic E-state index is 12.5. The molecule has 4 nitrogen and oxygen atoms in total. The van der Waals surface area contributed by atoms with E-state index in [1.54, 1.807) is 6.92 Å². The fraction of sp³-hybridized carbons (Fsp3) is 0.562. The molecule has 0 aliphatic rings. The van der Waals surface area contributed by atoms with E-state index < -0.39 is 21.3 Å². The van der Waals surface area contributed by atoms with Gasteiger partial charge < -0.3 is 4.74 Å². The van der Waals surface area contributed by atoms with Gasteiger partial charge in [-0.25, -0.2) is 8.93 Å². The number of nitrogens with one attached hydrogen (secondary N) is 1. The van der Waals surface area contributed by atoms with Crippen molar-refractivity contribution >= 4 is 32.9 Å². The first-order valence-corrected chi connectivity index (χ1v) is 9.14. The Morgan fingerprint density at radius 1 is 1.32 bits per heavy atom. The Labute approximate surface area is 143 Å². The van der Waals surface area contributed by atoms with Gasteiger partial charge in [0, 0.05) is 4.47 Å². The average Bonchev–Trinajstić information content (AvgIpc) is 2.37. The van der Waals surface area contributed by atoms with Crippen molar-refractivity contribution in [3.8, 4) is 0 Å².